The van der Waals surface area contributed by atoms with E-state index < -0.39 is 0 Å². The summed E-state index contributed by atoms with van der Waals surface area (Å²) in [5, 5.41) is 4.04. The Balaban J connectivity index is 1.37. The molecule has 3 heterocycles. The number of imidazole rings is 1. The molecule has 134 valence electrons. The van der Waals surface area contributed by atoms with E-state index in [1.165, 1.54) is 12.8 Å². The van der Waals surface area contributed by atoms with Crippen LogP contribution in [0.5, 0.6) is 0 Å². The summed E-state index contributed by atoms with van der Waals surface area (Å²) >= 11 is 0. The molecule has 2 aromatic rings. The van der Waals surface area contributed by atoms with E-state index in [4.69, 9.17) is 9.26 Å². The van der Waals surface area contributed by atoms with Gasteiger partial charge in [0.05, 0.1) is 12.9 Å². The van der Waals surface area contributed by atoms with Crippen molar-refractivity contribution in [3.8, 4) is 0 Å². The molecule has 0 bridgehead atoms. The summed E-state index contributed by atoms with van der Waals surface area (Å²) in [4.78, 5) is 23.1. The Bertz CT molecular complexity index is 736. The van der Waals surface area contributed by atoms with E-state index in [0.717, 1.165) is 25.4 Å². The number of nitrogens with zero attached hydrogens (tertiary/aromatic N) is 5. The van der Waals surface area contributed by atoms with Crippen LogP contribution < -0.4 is 0 Å². The first kappa shape index (κ1) is 16.3. The summed E-state index contributed by atoms with van der Waals surface area (Å²) in [6.45, 7) is 2.12. The van der Waals surface area contributed by atoms with Crippen LogP contribution in [0, 0.1) is 5.92 Å². The van der Waals surface area contributed by atoms with Gasteiger partial charge in [-0.05, 0) is 31.6 Å². The highest BCUT2D eigenvalue weighted by molar-refractivity contribution is 5.92. The van der Waals surface area contributed by atoms with Crippen molar-refractivity contribution in [2.24, 2.45) is 13.0 Å². The van der Waals surface area contributed by atoms with Crippen molar-refractivity contribution in [1.82, 2.24) is 24.6 Å². The highest BCUT2D eigenvalue weighted by Crippen LogP contribution is 2.32. The lowest BCUT2D eigenvalue weighted by Gasteiger charge is -2.20. The second-order valence-corrected chi connectivity index (χ2v) is 6.90. The summed E-state index contributed by atoms with van der Waals surface area (Å²) < 4.78 is 12.8. The molecular formula is C17H23N5O3. The zero-order valence-corrected chi connectivity index (χ0v) is 14.4. The first-order chi connectivity index (χ1) is 12.2. The van der Waals surface area contributed by atoms with Gasteiger partial charge in [-0.2, -0.15) is 4.98 Å². The largest absolute Gasteiger partial charge is 0.381 e. The van der Waals surface area contributed by atoms with Crippen molar-refractivity contribution in [2.45, 2.75) is 38.1 Å². The monoisotopic (exact) mass is 345 g/mol. The Labute approximate surface area is 146 Å². The second kappa shape index (κ2) is 6.95. The fourth-order valence-electron chi connectivity index (χ4n) is 3.14. The summed E-state index contributed by atoms with van der Waals surface area (Å²) in [7, 11) is 1.85. The first-order valence-electron chi connectivity index (χ1n) is 8.90. The third-order valence-corrected chi connectivity index (χ3v) is 4.73. The highest BCUT2D eigenvalue weighted by Gasteiger charge is 2.35. The Morgan fingerprint density at radius 3 is 3.04 bits per heavy atom. The van der Waals surface area contributed by atoms with Crippen molar-refractivity contribution < 1.29 is 14.1 Å². The standard InChI is InChI=1S/C17H23N5O3/c1-21-9-13(18-11-21)17(23)22-7-2-3-14(22)16-19-15(20-25-16)6-8-24-10-12-4-5-12/h9,11-12,14H,2-8,10H2,1H3. The summed E-state index contributed by atoms with van der Waals surface area (Å²) in [5.74, 6) is 1.82. The van der Waals surface area contributed by atoms with E-state index in [-0.39, 0.29) is 11.9 Å². The van der Waals surface area contributed by atoms with Crippen LogP contribution in [0.25, 0.3) is 0 Å². The van der Waals surface area contributed by atoms with Crippen LogP contribution in [0.1, 0.15) is 53.9 Å². The molecule has 1 saturated carbocycles. The molecule has 0 radical (unpaired) electrons. The number of hydrogen-bond donors (Lipinski definition) is 0. The van der Waals surface area contributed by atoms with Crippen LogP contribution >= 0.6 is 0 Å². The van der Waals surface area contributed by atoms with E-state index in [9.17, 15) is 4.79 Å². The van der Waals surface area contributed by atoms with Crippen LogP contribution in [-0.4, -0.2) is 50.3 Å². The van der Waals surface area contributed by atoms with Gasteiger partial charge >= 0.3 is 0 Å². The van der Waals surface area contributed by atoms with Gasteiger partial charge in [0.2, 0.25) is 5.89 Å². The van der Waals surface area contributed by atoms with Gasteiger partial charge in [-0.3, -0.25) is 4.79 Å². The van der Waals surface area contributed by atoms with Crippen LogP contribution in [-0.2, 0) is 18.2 Å². The Hall–Kier alpha value is -2.22. The molecule has 2 aromatic heterocycles. The molecule has 2 fully saturated rings. The summed E-state index contributed by atoms with van der Waals surface area (Å²) in [5.41, 5.74) is 0.447. The highest BCUT2D eigenvalue weighted by atomic mass is 16.5. The van der Waals surface area contributed by atoms with Gasteiger partial charge < -0.3 is 18.7 Å². The lowest BCUT2D eigenvalue weighted by molar-refractivity contribution is 0.0704. The van der Waals surface area contributed by atoms with E-state index in [1.807, 2.05) is 7.05 Å². The maximum Gasteiger partial charge on any atom is 0.274 e. The maximum absolute atomic E-state index is 12.7. The molecule has 8 heteroatoms. The van der Waals surface area contributed by atoms with Gasteiger partial charge in [0.15, 0.2) is 5.82 Å². The van der Waals surface area contributed by atoms with Gasteiger partial charge in [-0.15, -0.1) is 0 Å². The third kappa shape index (κ3) is 3.73. The van der Waals surface area contributed by atoms with Crippen LogP contribution in [0.3, 0.4) is 0 Å². The van der Waals surface area contributed by atoms with Gasteiger partial charge in [0.1, 0.15) is 11.7 Å². The lowest BCUT2D eigenvalue weighted by atomic mass is 10.2. The fraction of sp³-hybridized carbons (Fsp3) is 0.647. The number of aryl methyl sites for hydroxylation is 1. The topological polar surface area (TPSA) is 86.3 Å². The van der Waals surface area contributed by atoms with Crippen molar-refractivity contribution in [2.75, 3.05) is 19.8 Å². The second-order valence-electron chi connectivity index (χ2n) is 6.90. The molecule has 2 aliphatic rings. The average Bonchev–Trinajstić information content (AvgIpc) is 3.03. The summed E-state index contributed by atoms with van der Waals surface area (Å²) in [6, 6.07) is -0.164. The molecule has 0 spiro atoms. The fourth-order valence-corrected chi connectivity index (χ4v) is 3.14. The van der Waals surface area contributed by atoms with Crippen molar-refractivity contribution >= 4 is 5.91 Å². The van der Waals surface area contributed by atoms with Gasteiger partial charge in [0, 0.05) is 32.8 Å². The normalized spacial score (nSPS) is 20.4. The SMILES string of the molecule is Cn1cnc(C(=O)N2CCCC2c2nc(CCOCC3CC3)no2)c1. The minimum absolute atomic E-state index is 0.0874. The number of rotatable bonds is 7. The quantitative estimate of drug-likeness (QED) is 0.711. The number of ether oxygens (including phenoxy) is 1. The van der Waals surface area contributed by atoms with E-state index in [2.05, 4.69) is 15.1 Å². The Morgan fingerprint density at radius 2 is 2.28 bits per heavy atom. The van der Waals surface area contributed by atoms with Crippen molar-refractivity contribution in [1.29, 1.82) is 0 Å². The predicted octanol–water partition coefficient (Wildman–Crippen LogP) is 1.75. The number of hydrogen-bond acceptors (Lipinski definition) is 6. The van der Waals surface area contributed by atoms with Crippen molar-refractivity contribution in [3.63, 3.8) is 0 Å². The van der Waals surface area contributed by atoms with Crippen LogP contribution in [0.4, 0.5) is 0 Å². The van der Waals surface area contributed by atoms with Gasteiger partial charge in [-0.25, -0.2) is 4.98 Å². The lowest BCUT2D eigenvalue weighted by Crippen LogP contribution is -2.31. The maximum atomic E-state index is 12.7. The molecule has 1 atom stereocenters. The first-order valence-corrected chi connectivity index (χ1v) is 8.90. The van der Waals surface area contributed by atoms with Crippen molar-refractivity contribution in [3.05, 3.63) is 29.9 Å². The Morgan fingerprint density at radius 1 is 1.40 bits per heavy atom. The Kier molecular flexibility index (Phi) is 4.52. The van der Waals surface area contributed by atoms with Crippen LogP contribution in [0.2, 0.25) is 0 Å². The number of carbonyl (C=O) groups is 1. The molecule has 1 amide bonds. The number of aromatic nitrogens is 4. The molecule has 0 aromatic carbocycles. The molecule has 4 rings (SSSR count). The predicted molar refractivity (Wildman–Crippen MR) is 87.8 cm³/mol. The van der Waals surface area contributed by atoms with Gasteiger partial charge in [0.25, 0.3) is 5.91 Å². The van der Waals surface area contributed by atoms with Crippen LogP contribution in [0.15, 0.2) is 17.0 Å². The molecule has 25 heavy (non-hydrogen) atoms. The molecular weight excluding hydrogens is 322 g/mol. The van der Waals surface area contributed by atoms with E-state index in [0.29, 0.717) is 37.0 Å². The molecule has 8 nitrogen and oxygen atoms in total. The summed E-state index contributed by atoms with van der Waals surface area (Å²) in [6.07, 6.45) is 8.32. The molecule has 1 aliphatic carbocycles. The van der Waals surface area contributed by atoms with Gasteiger partial charge in [-0.1, -0.05) is 5.16 Å². The minimum Gasteiger partial charge on any atom is -0.381 e. The molecule has 0 N–H and O–H groups in total. The molecule has 1 unspecified atom stereocenters. The third-order valence-electron chi connectivity index (χ3n) is 4.73. The molecule has 1 aliphatic heterocycles. The van der Waals surface area contributed by atoms with E-state index in [1.54, 1.807) is 22.0 Å². The minimum atomic E-state index is -0.164. The molecule has 1 saturated heterocycles. The smallest absolute Gasteiger partial charge is 0.274 e. The average molecular weight is 345 g/mol. The zero-order valence-electron chi connectivity index (χ0n) is 14.4. The number of likely N-dealkylation sites (tertiary alicyclic amines) is 1. The number of amides is 1. The number of carbonyl (C=O) groups excluding carboxylic acids is 1. The van der Waals surface area contributed by atoms with E-state index >= 15 is 0 Å². The zero-order chi connectivity index (χ0) is 17.2.